The summed E-state index contributed by atoms with van der Waals surface area (Å²) in [7, 11) is 0. The van der Waals surface area contributed by atoms with Crippen LogP contribution in [0.15, 0.2) is 194 Å². The van der Waals surface area contributed by atoms with E-state index in [-0.39, 0.29) is 5.41 Å². The number of aromatic nitrogens is 1. The van der Waals surface area contributed by atoms with Gasteiger partial charge in [0, 0.05) is 38.9 Å². The third-order valence-electron chi connectivity index (χ3n) is 16.5. The van der Waals surface area contributed by atoms with Gasteiger partial charge in [-0.2, -0.15) is 0 Å². The summed E-state index contributed by atoms with van der Waals surface area (Å²) in [6, 6.07) is 72.7. The monoisotopic (exact) mass is 782 g/mol. The van der Waals surface area contributed by atoms with E-state index >= 15 is 0 Å². The van der Waals surface area contributed by atoms with Crippen LogP contribution in [0.3, 0.4) is 0 Å². The van der Waals surface area contributed by atoms with Crippen LogP contribution >= 0.6 is 0 Å². The zero-order chi connectivity index (χ0) is 39.9. The Labute approximate surface area is 357 Å². The molecule has 2 nitrogen and oxygen atoms in total. The summed E-state index contributed by atoms with van der Waals surface area (Å²) in [6.45, 7) is 0. The predicted octanol–water partition coefficient (Wildman–Crippen LogP) is 15.3. The summed E-state index contributed by atoms with van der Waals surface area (Å²) >= 11 is 0. The lowest BCUT2D eigenvalue weighted by atomic mass is 9.49. The molecule has 9 aromatic rings. The van der Waals surface area contributed by atoms with E-state index in [0.717, 1.165) is 46.4 Å². The molecule has 2 spiro atoms. The first-order valence-corrected chi connectivity index (χ1v) is 22.6. The van der Waals surface area contributed by atoms with Crippen LogP contribution in [0, 0.1) is 29.1 Å². The molecule has 0 radical (unpaired) electrons. The standard InChI is InChI=1S/C59H46N2/c1-3-11-39(12-4-1)40-19-24-46(25-20-40)60(48-28-29-51-50-16-8-10-18-55(50)61(56(51)35-48)45-13-5-2-6-14-45)47-26-21-41(22-27-47)42-23-30-54-52(33-42)49-15-7-9-17-53(49)59(54)44-32-38-31-43-34-57(59)58(43,36-38)37-44/h1-30,33,35,38,43-44,57H,31-32,34,36-37H2. The first kappa shape index (κ1) is 34.1. The van der Waals surface area contributed by atoms with E-state index in [1.807, 2.05) is 0 Å². The molecule has 4 fully saturated rings. The van der Waals surface area contributed by atoms with Crippen LogP contribution in [0.1, 0.15) is 43.2 Å². The summed E-state index contributed by atoms with van der Waals surface area (Å²) < 4.78 is 2.41. The molecule has 6 atom stereocenters. The number of rotatable bonds is 6. The van der Waals surface area contributed by atoms with Gasteiger partial charge in [-0.25, -0.2) is 0 Å². The van der Waals surface area contributed by atoms with Crippen LogP contribution in [0.25, 0.3) is 60.9 Å². The van der Waals surface area contributed by atoms with Crippen molar-refractivity contribution in [2.45, 2.75) is 37.5 Å². The number of para-hydroxylation sites is 2. The number of hydrogen-bond donors (Lipinski definition) is 0. The van der Waals surface area contributed by atoms with Gasteiger partial charge in [-0.15, -0.1) is 0 Å². The minimum atomic E-state index is 0.212. The molecular formula is C59H46N2. The van der Waals surface area contributed by atoms with Crippen LogP contribution in [0.5, 0.6) is 0 Å². The second-order valence-electron chi connectivity index (χ2n) is 19.0. The van der Waals surface area contributed by atoms with Crippen molar-refractivity contribution in [1.29, 1.82) is 0 Å². The summed E-state index contributed by atoms with van der Waals surface area (Å²) in [5.41, 5.74) is 19.1. The fourth-order valence-electron chi connectivity index (χ4n) is 14.3. The number of nitrogens with zero attached hydrogens (tertiary/aromatic N) is 2. The number of anilines is 3. The Kier molecular flexibility index (Phi) is 6.97. The molecule has 61 heavy (non-hydrogen) atoms. The van der Waals surface area contributed by atoms with E-state index in [4.69, 9.17) is 0 Å². The molecule has 8 aromatic carbocycles. The first-order chi connectivity index (χ1) is 30.2. The van der Waals surface area contributed by atoms with E-state index in [0.29, 0.717) is 5.41 Å². The quantitative estimate of drug-likeness (QED) is 0.163. The Bertz CT molecular complexity index is 3200. The highest BCUT2D eigenvalue weighted by Gasteiger charge is 2.76. The highest BCUT2D eigenvalue weighted by molar-refractivity contribution is 6.10. The average molecular weight is 783 g/mol. The second kappa shape index (κ2) is 12.5. The molecule has 0 saturated heterocycles. The molecular weight excluding hydrogens is 737 g/mol. The topological polar surface area (TPSA) is 8.17 Å². The van der Waals surface area contributed by atoms with Gasteiger partial charge in [0.1, 0.15) is 0 Å². The summed E-state index contributed by atoms with van der Waals surface area (Å²) in [5, 5.41) is 2.52. The van der Waals surface area contributed by atoms with Gasteiger partial charge in [0.2, 0.25) is 0 Å². The number of hydrogen-bond acceptors (Lipinski definition) is 1. The third-order valence-corrected chi connectivity index (χ3v) is 16.5. The van der Waals surface area contributed by atoms with Gasteiger partial charge < -0.3 is 9.47 Å². The smallest absolute Gasteiger partial charge is 0.0561 e. The Morgan fingerprint density at radius 2 is 1.03 bits per heavy atom. The molecule has 0 aliphatic heterocycles. The van der Waals surface area contributed by atoms with Crippen LogP contribution in [-0.4, -0.2) is 4.57 Å². The molecule has 1 aromatic heterocycles. The summed E-state index contributed by atoms with van der Waals surface area (Å²) in [6.07, 6.45) is 7.34. The zero-order valence-corrected chi connectivity index (χ0v) is 34.2. The molecule has 292 valence electrons. The van der Waals surface area contributed by atoms with Crippen molar-refractivity contribution in [2.75, 3.05) is 4.90 Å². The van der Waals surface area contributed by atoms with Gasteiger partial charge in [-0.3, -0.25) is 0 Å². The largest absolute Gasteiger partial charge is 0.310 e. The zero-order valence-electron chi connectivity index (χ0n) is 34.2. The lowest BCUT2D eigenvalue weighted by Crippen LogP contribution is -2.50. The highest BCUT2D eigenvalue weighted by Crippen LogP contribution is 2.83. The predicted molar refractivity (Wildman–Crippen MR) is 252 cm³/mol. The van der Waals surface area contributed by atoms with Gasteiger partial charge in [0.15, 0.2) is 0 Å². The fourth-order valence-corrected chi connectivity index (χ4v) is 14.3. The van der Waals surface area contributed by atoms with E-state index in [9.17, 15) is 0 Å². The minimum absolute atomic E-state index is 0.212. The highest BCUT2D eigenvalue weighted by atomic mass is 15.1. The van der Waals surface area contributed by atoms with E-state index in [1.165, 1.54) is 87.3 Å². The van der Waals surface area contributed by atoms with Crippen molar-refractivity contribution in [3.8, 4) is 39.1 Å². The van der Waals surface area contributed by atoms with Gasteiger partial charge >= 0.3 is 0 Å². The lowest BCUT2D eigenvalue weighted by molar-refractivity contribution is -0.0193. The van der Waals surface area contributed by atoms with Gasteiger partial charge in [-0.05, 0) is 166 Å². The van der Waals surface area contributed by atoms with E-state index < -0.39 is 0 Å². The van der Waals surface area contributed by atoms with Crippen LogP contribution in [0.2, 0.25) is 0 Å². The maximum atomic E-state index is 2.57. The third kappa shape index (κ3) is 4.58. The van der Waals surface area contributed by atoms with Crippen molar-refractivity contribution in [3.05, 3.63) is 205 Å². The number of benzene rings is 8. The van der Waals surface area contributed by atoms with Crippen LogP contribution in [-0.2, 0) is 5.41 Å². The molecule has 0 N–H and O–H groups in total. The van der Waals surface area contributed by atoms with E-state index in [1.54, 1.807) is 11.1 Å². The molecule has 4 saturated carbocycles. The van der Waals surface area contributed by atoms with E-state index in [2.05, 4.69) is 204 Å². The molecule has 3 bridgehead atoms. The summed E-state index contributed by atoms with van der Waals surface area (Å²) in [5.74, 6) is 3.55. The maximum Gasteiger partial charge on any atom is 0.0561 e. The average Bonchev–Trinajstić information content (AvgIpc) is 3.92. The SMILES string of the molecule is c1ccc(-c2ccc(N(c3ccc(-c4ccc5c(c4)-c4ccccc4C54C5CC6CC7CC4C7(C6)C5)cc3)c3ccc4c5ccccc5n(-c5ccccc5)c4c3)cc2)cc1. The Balaban J connectivity index is 0.884. The molecule has 5 aliphatic rings. The van der Waals surface area contributed by atoms with Crippen molar-refractivity contribution < 1.29 is 0 Å². The fraction of sp³-hybridized carbons (Fsp3) is 0.186. The second-order valence-corrected chi connectivity index (χ2v) is 19.0. The molecule has 14 rings (SSSR count). The van der Waals surface area contributed by atoms with Crippen molar-refractivity contribution >= 4 is 38.9 Å². The van der Waals surface area contributed by atoms with Crippen LogP contribution < -0.4 is 4.90 Å². The molecule has 2 heteroatoms. The summed E-state index contributed by atoms with van der Waals surface area (Å²) in [4.78, 5) is 2.42. The first-order valence-electron chi connectivity index (χ1n) is 22.6. The van der Waals surface area contributed by atoms with Gasteiger partial charge in [0.25, 0.3) is 0 Å². The van der Waals surface area contributed by atoms with Crippen molar-refractivity contribution in [2.24, 2.45) is 29.1 Å². The Morgan fingerprint density at radius 3 is 1.84 bits per heavy atom. The van der Waals surface area contributed by atoms with Crippen LogP contribution in [0.4, 0.5) is 17.1 Å². The number of fused-ring (bicyclic) bond motifs is 12. The molecule has 0 amide bonds. The Hall–Kier alpha value is -6.64. The molecule has 1 heterocycles. The molecule has 6 unspecified atom stereocenters. The Morgan fingerprint density at radius 1 is 0.426 bits per heavy atom. The van der Waals surface area contributed by atoms with Gasteiger partial charge in [0.05, 0.1) is 11.0 Å². The lowest BCUT2D eigenvalue weighted by Gasteiger charge is -2.54. The van der Waals surface area contributed by atoms with Crippen molar-refractivity contribution in [3.63, 3.8) is 0 Å². The van der Waals surface area contributed by atoms with Gasteiger partial charge in [-0.1, -0.05) is 133 Å². The minimum Gasteiger partial charge on any atom is -0.310 e. The normalized spacial score (nSPS) is 24.9. The maximum absolute atomic E-state index is 2.57. The molecule has 5 aliphatic carbocycles. The van der Waals surface area contributed by atoms with Crippen molar-refractivity contribution in [1.82, 2.24) is 4.57 Å².